The summed E-state index contributed by atoms with van der Waals surface area (Å²) in [6.07, 6.45) is 0.0904. The number of amides is 3. The lowest BCUT2D eigenvalue weighted by atomic mass is 10.0. The third-order valence-corrected chi connectivity index (χ3v) is 8.22. The lowest BCUT2D eigenvalue weighted by molar-refractivity contribution is -0.150. The average molecular weight is 576 g/mol. The number of thioether (sulfide) groups is 2. The highest BCUT2D eigenvalue weighted by Crippen LogP contribution is 2.41. The molecule has 2 aromatic rings. The number of β-lactam (4-membered cyclic amide) rings is 1. The van der Waals surface area contributed by atoms with Crippen LogP contribution in [0.3, 0.4) is 0 Å². The molecule has 1 fully saturated rings. The zero-order chi connectivity index (χ0) is 28.1. The van der Waals surface area contributed by atoms with Crippen molar-refractivity contribution in [1.82, 2.24) is 25.7 Å². The first-order valence-electron chi connectivity index (χ1n) is 11.9. The number of carboxylic acids is 2. The van der Waals surface area contributed by atoms with Crippen LogP contribution >= 0.6 is 23.5 Å². The Morgan fingerprint density at radius 2 is 1.95 bits per heavy atom. The highest BCUT2D eigenvalue weighted by atomic mass is 32.2. The van der Waals surface area contributed by atoms with E-state index >= 15 is 0 Å². The summed E-state index contributed by atoms with van der Waals surface area (Å²) in [6, 6.07) is 6.10. The second-order valence-corrected chi connectivity index (χ2v) is 10.7. The molecular formula is C24H25N5O8S2. The molecule has 2 aliphatic heterocycles. The fourth-order valence-corrected chi connectivity index (χ4v) is 6.37. The van der Waals surface area contributed by atoms with E-state index in [1.807, 2.05) is 0 Å². The molecule has 0 bridgehead atoms. The zero-order valence-corrected chi connectivity index (χ0v) is 22.3. The largest absolute Gasteiger partial charge is 0.480 e. The molecule has 4 N–H and O–H groups in total. The number of aromatic nitrogens is 2. The Morgan fingerprint density at radius 1 is 1.21 bits per heavy atom. The normalized spacial score (nSPS) is 19.1. The van der Waals surface area contributed by atoms with Crippen LogP contribution in [0.4, 0.5) is 0 Å². The maximum atomic E-state index is 12.8. The molecule has 39 heavy (non-hydrogen) atoms. The fraction of sp³-hybridized carbons (Fsp3) is 0.375. The Morgan fingerprint density at radius 3 is 2.59 bits per heavy atom. The van der Waals surface area contributed by atoms with E-state index in [2.05, 4.69) is 20.8 Å². The van der Waals surface area contributed by atoms with E-state index in [9.17, 15) is 34.2 Å². The van der Waals surface area contributed by atoms with Gasteiger partial charge in [-0.05, 0) is 30.5 Å². The Kier molecular flexibility index (Phi) is 8.91. The van der Waals surface area contributed by atoms with Gasteiger partial charge in [0.25, 0.3) is 17.0 Å². The van der Waals surface area contributed by atoms with Gasteiger partial charge in [0.2, 0.25) is 11.8 Å². The van der Waals surface area contributed by atoms with Gasteiger partial charge in [-0.2, -0.15) is 0 Å². The number of nitrogens with one attached hydrogen (secondary N) is 2. The van der Waals surface area contributed by atoms with Crippen molar-refractivity contribution in [3.8, 4) is 0 Å². The molecule has 2 aliphatic rings. The molecule has 1 saturated heterocycles. The van der Waals surface area contributed by atoms with Gasteiger partial charge in [0.05, 0.1) is 0 Å². The summed E-state index contributed by atoms with van der Waals surface area (Å²) in [7, 11) is 0. The summed E-state index contributed by atoms with van der Waals surface area (Å²) in [5.74, 6) is -3.04. The fourth-order valence-electron chi connectivity index (χ4n) is 4.08. The second kappa shape index (κ2) is 12.3. The number of nitrogens with zero attached hydrogens (tertiary/aromatic N) is 3. The molecule has 0 saturated carbocycles. The molecule has 2 unspecified atom stereocenters. The SMILES string of the molecule is Cc1nnc(SCC2=C(C(=O)O)N3C(=O)C(NC(=O)CCCC(NC(=O)c4ccccc4)C(=O)O)[C@H]3SC2)o1. The van der Waals surface area contributed by atoms with Gasteiger partial charge in [0.15, 0.2) is 0 Å². The molecule has 0 radical (unpaired) electrons. The number of carbonyl (C=O) groups excluding carboxylic acids is 3. The van der Waals surface area contributed by atoms with Crippen molar-refractivity contribution in [2.24, 2.45) is 0 Å². The molecule has 0 aliphatic carbocycles. The lowest BCUT2D eigenvalue weighted by Crippen LogP contribution is -2.70. The van der Waals surface area contributed by atoms with Gasteiger partial charge in [-0.15, -0.1) is 22.0 Å². The monoisotopic (exact) mass is 575 g/mol. The summed E-state index contributed by atoms with van der Waals surface area (Å²) in [4.78, 5) is 62.4. The van der Waals surface area contributed by atoms with Gasteiger partial charge >= 0.3 is 11.9 Å². The Labute approximate surface area is 230 Å². The van der Waals surface area contributed by atoms with Crippen LogP contribution in [0.5, 0.6) is 0 Å². The van der Waals surface area contributed by atoms with E-state index in [-0.39, 0.29) is 30.7 Å². The molecule has 3 amide bonds. The van der Waals surface area contributed by atoms with Crippen molar-refractivity contribution >= 4 is 53.2 Å². The first-order chi connectivity index (χ1) is 18.7. The summed E-state index contributed by atoms with van der Waals surface area (Å²) < 4.78 is 5.30. The smallest absolute Gasteiger partial charge is 0.352 e. The molecule has 0 spiro atoms. The minimum atomic E-state index is -1.24. The first kappa shape index (κ1) is 28.2. The van der Waals surface area contributed by atoms with Crippen molar-refractivity contribution < 1.29 is 38.6 Å². The molecule has 206 valence electrons. The molecule has 1 aromatic heterocycles. The van der Waals surface area contributed by atoms with Crippen LogP contribution in [0.2, 0.25) is 0 Å². The van der Waals surface area contributed by atoms with E-state index in [0.717, 1.165) is 0 Å². The first-order valence-corrected chi connectivity index (χ1v) is 13.9. The highest BCUT2D eigenvalue weighted by molar-refractivity contribution is 8.01. The maximum absolute atomic E-state index is 12.8. The predicted molar refractivity (Wildman–Crippen MR) is 139 cm³/mol. The Bertz CT molecular complexity index is 1310. The maximum Gasteiger partial charge on any atom is 0.352 e. The van der Waals surface area contributed by atoms with Crippen molar-refractivity contribution in [2.75, 3.05) is 11.5 Å². The number of aryl methyl sites for hydroxylation is 1. The highest BCUT2D eigenvalue weighted by Gasteiger charge is 2.54. The third-order valence-electron chi connectivity index (χ3n) is 5.98. The van der Waals surface area contributed by atoms with E-state index in [0.29, 0.717) is 28.0 Å². The molecule has 15 heteroatoms. The van der Waals surface area contributed by atoms with Crippen LogP contribution in [0.15, 0.2) is 51.2 Å². The quantitative estimate of drug-likeness (QED) is 0.210. The third kappa shape index (κ3) is 6.60. The predicted octanol–water partition coefficient (Wildman–Crippen LogP) is 1.26. The Balaban J connectivity index is 1.28. The zero-order valence-electron chi connectivity index (χ0n) is 20.7. The number of carboxylic acid groups (broad SMARTS) is 2. The van der Waals surface area contributed by atoms with Crippen LogP contribution in [0, 0.1) is 6.92 Å². The number of aliphatic carboxylic acids is 2. The number of fused-ring (bicyclic) bond motifs is 1. The topological polar surface area (TPSA) is 192 Å². The van der Waals surface area contributed by atoms with Crippen LogP contribution in [-0.2, 0) is 19.2 Å². The van der Waals surface area contributed by atoms with E-state index in [1.54, 1.807) is 37.3 Å². The van der Waals surface area contributed by atoms with Crippen molar-refractivity contribution in [3.63, 3.8) is 0 Å². The standard InChI is InChI=1S/C24H25N5O8S2/c1-12-27-28-24(37-12)39-11-14-10-38-21-17(20(32)29(21)18(14)23(35)36)26-16(30)9-5-8-15(22(33)34)25-19(31)13-6-3-2-4-7-13/h2-4,6-7,15,17,21H,5,8-11H2,1H3,(H,25,31)(H,26,30)(H,33,34)(H,35,36)/t15?,17?,21-/m1/s1. The van der Waals surface area contributed by atoms with Crippen molar-refractivity contribution in [2.45, 2.75) is 48.9 Å². The van der Waals surface area contributed by atoms with Crippen LogP contribution < -0.4 is 10.6 Å². The number of rotatable bonds is 12. The van der Waals surface area contributed by atoms with Gasteiger partial charge in [0, 0.05) is 30.4 Å². The van der Waals surface area contributed by atoms with Crippen molar-refractivity contribution in [1.29, 1.82) is 0 Å². The Hall–Kier alpha value is -3.85. The van der Waals surface area contributed by atoms with Gasteiger partial charge < -0.3 is 25.3 Å². The van der Waals surface area contributed by atoms with E-state index < -0.39 is 47.1 Å². The minimum Gasteiger partial charge on any atom is -0.480 e. The van der Waals surface area contributed by atoms with Crippen molar-refractivity contribution in [3.05, 3.63) is 53.1 Å². The molecule has 3 heterocycles. The molecule has 3 atom stereocenters. The van der Waals surface area contributed by atoms with Crippen LogP contribution in [0.25, 0.3) is 0 Å². The summed E-state index contributed by atoms with van der Waals surface area (Å²) in [6.45, 7) is 1.64. The van der Waals surface area contributed by atoms with Gasteiger partial charge in [-0.25, -0.2) is 9.59 Å². The van der Waals surface area contributed by atoms with Gasteiger partial charge in [-0.1, -0.05) is 30.0 Å². The lowest BCUT2D eigenvalue weighted by Gasteiger charge is -2.49. The summed E-state index contributed by atoms with van der Waals surface area (Å²) >= 11 is 2.51. The second-order valence-electron chi connectivity index (χ2n) is 8.71. The minimum absolute atomic E-state index is 0.0107. The molecule has 13 nitrogen and oxygen atoms in total. The number of hydrogen-bond acceptors (Lipinski definition) is 10. The van der Waals surface area contributed by atoms with Crippen LogP contribution in [-0.4, -0.2) is 83.9 Å². The molecular weight excluding hydrogens is 550 g/mol. The van der Waals surface area contributed by atoms with E-state index in [1.165, 1.54) is 28.4 Å². The van der Waals surface area contributed by atoms with Crippen LogP contribution in [0.1, 0.15) is 35.5 Å². The summed E-state index contributed by atoms with van der Waals surface area (Å²) in [5.41, 5.74) is 0.734. The van der Waals surface area contributed by atoms with E-state index in [4.69, 9.17) is 4.42 Å². The molecule has 1 aromatic carbocycles. The molecule has 4 rings (SSSR count). The number of carbonyl (C=O) groups is 5. The summed E-state index contributed by atoms with van der Waals surface area (Å²) in [5, 5.41) is 31.6. The van der Waals surface area contributed by atoms with Gasteiger partial charge in [-0.3, -0.25) is 19.3 Å². The number of benzene rings is 1. The average Bonchev–Trinajstić information content (AvgIpc) is 3.34. The number of hydrogen-bond donors (Lipinski definition) is 4. The van der Waals surface area contributed by atoms with Gasteiger partial charge in [0.1, 0.15) is 23.2 Å².